The molecule has 142 valence electrons. The average molecular weight is 357 g/mol. The number of unbranched alkanes of at least 4 members (excludes halogenated alkanes) is 1. The molecule has 0 aliphatic rings. The lowest BCUT2D eigenvalue weighted by atomic mass is 10.2. The zero-order valence-electron chi connectivity index (χ0n) is 15.6. The maximum absolute atomic E-state index is 5.77. The van der Waals surface area contributed by atoms with Crippen LogP contribution in [0.25, 0.3) is 0 Å². The van der Waals surface area contributed by atoms with Crippen molar-refractivity contribution in [2.45, 2.75) is 25.9 Å². The van der Waals surface area contributed by atoms with Gasteiger partial charge < -0.3 is 11.5 Å². The van der Waals surface area contributed by atoms with Gasteiger partial charge in [0, 0.05) is 51.7 Å². The first kappa shape index (κ1) is 20.5. The van der Waals surface area contributed by atoms with Gasteiger partial charge in [-0.3, -0.25) is 19.8 Å². The summed E-state index contributed by atoms with van der Waals surface area (Å²) in [5, 5.41) is 0. The second-order valence-corrected chi connectivity index (χ2v) is 6.48. The van der Waals surface area contributed by atoms with Gasteiger partial charge in [0.25, 0.3) is 0 Å². The Morgan fingerprint density at radius 2 is 1.12 bits per heavy atom. The van der Waals surface area contributed by atoms with Gasteiger partial charge in [0.15, 0.2) is 0 Å². The Hall–Kier alpha value is -1.86. The van der Waals surface area contributed by atoms with Gasteiger partial charge in [-0.1, -0.05) is 12.1 Å². The lowest BCUT2D eigenvalue weighted by Crippen LogP contribution is -2.32. The third kappa shape index (κ3) is 8.01. The summed E-state index contributed by atoms with van der Waals surface area (Å²) in [6.07, 6.45) is 5.96. The van der Waals surface area contributed by atoms with Crippen LogP contribution >= 0.6 is 0 Å². The van der Waals surface area contributed by atoms with Crippen molar-refractivity contribution in [2.75, 3.05) is 39.3 Å². The van der Waals surface area contributed by atoms with E-state index in [4.69, 9.17) is 11.5 Å². The molecule has 2 heterocycles. The molecular formula is C20H32N6. The molecule has 0 saturated heterocycles. The molecule has 0 fully saturated rings. The van der Waals surface area contributed by atoms with E-state index in [1.165, 1.54) is 0 Å². The number of hydrogen-bond acceptors (Lipinski definition) is 6. The lowest BCUT2D eigenvalue weighted by Gasteiger charge is -2.23. The minimum Gasteiger partial charge on any atom is -0.329 e. The SMILES string of the molecule is NCCN(CCCCN(CCN)Cc1ccccn1)Cc1ccccn1. The Balaban J connectivity index is 1.74. The van der Waals surface area contributed by atoms with Gasteiger partial charge in [-0.25, -0.2) is 0 Å². The predicted molar refractivity (Wildman–Crippen MR) is 106 cm³/mol. The van der Waals surface area contributed by atoms with Crippen molar-refractivity contribution in [3.05, 3.63) is 60.2 Å². The Labute approximate surface area is 157 Å². The zero-order valence-corrected chi connectivity index (χ0v) is 15.6. The van der Waals surface area contributed by atoms with Crippen LogP contribution in [0, 0.1) is 0 Å². The van der Waals surface area contributed by atoms with Gasteiger partial charge >= 0.3 is 0 Å². The summed E-state index contributed by atoms with van der Waals surface area (Å²) in [5.74, 6) is 0. The van der Waals surface area contributed by atoms with Crippen LogP contribution in [0.3, 0.4) is 0 Å². The number of nitrogens with two attached hydrogens (primary N) is 2. The quantitative estimate of drug-likeness (QED) is 0.529. The van der Waals surface area contributed by atoms with Gasteiger partial charge in [-0.15, -0.1) is 0 Å². The minimum atomic E-state index is 0.672. The monoisotopic (exact) mass is 356 g/mol. The molecule has 0 unspecified atom stereocenters. The molecule has 2 rings (SSSR count). The van der Waals surface area contributed by atoms with Crippen molar-refractivity contribution in [2.24, 2.45) is 11.5 Å². The summed E-state index contributed by atoms with van der Waals surface area (Å²) in [6, 6.07) is 12.1. The van der Waals surface area contributed by atoms with Gasteiger partial charge in [-0.2, -0.15) is 0 Å². The Kier molecular flexibility index (Phi) is 9.82. The van der Waals surface area contributed by atoms with E-state index in [1.54, 1.807) is 0 Å². The van der Waals surface area contributed by atoms with Crippen LogP contribution in [0.15, 0.2) is 48.8 Å². The Bertz CT molecular complexity index is 524. The van der Waals surface area contributed by atoms with Gasteiger partial charge in [-0.05, 0) is 50.2 Å². The van der Waals surface area contributed by atoms with Crippen LogP contribution in [-0.2, 0) is 13.1 Å². The molecule has 4 N–H and O–H groups in total. The molecule has 2 aromatic rings. The molecule has 0 saturated carbocycles. The molecule has 2 aromatic heterocycles. The van der Waals surface area contributed by atoms with E-state index in [0.717, 1.165) is 63.5 Å². The molecule has 26 heavy (non-hydrogen) atoms. The lowest BCUT2D eigenvalue weighted by molar-refractivity contribution is 0.235. The fourth-order valence-electron chi connectivity index (χ4n) is 3.02. The van der Waals surface area contributed by atoms with Gasteiger partial charge in [0.1, 0.15) is 0 Å². The Morgan fingerprint density at radius 1 is 0.654 bits per heavy atom. The third-order valence-electron chi connectivity index (χ3n) is 4.31. The molecule has 0 bridgehead atoms. The second kappa shape index (κ2) is 12.5. The number of pyridine rings is 2. The molecular weight excluding hydrogens is 324 g/mol. The van der Waals surface area contributed by atoms with E-state index < -0.39 is 0 Å². The highest BCUT2D eigenvalue weighted by molar-refractivity contribution is 5.04. The van der Waals surface area contributed by atoms with Gasteiger partial charge in [0.05, 0.1) is 11.4 Å². The van der Waals surface area contributed by atoms with Crippen LogP contribution in [0.4, 0.5) is 0 Å². The summed E-state index contributed by atoms with van der Waals surface area (Å²) in [5.41, 5.74) is 13.7. The van der Waals surface area contributed by atoms with E-state index >= 15 is 0 Å². The molecule has 0 atom stereocenters. The van der Waals surface area contributed by atoms with Crippen molar-refractivity contribution in [3.63, 3.8) is 0 Å². The van der Waals surface area contributed by atoms with Crippen molar-refractivity contribution >= 4 is 0 Å². The Morgan fingerprint density at radius 3 is 1.46 bits per heavy atom. The summed E-state index contributed by atoms with van der Waals surface area (Å²) in [4.78, 5) is 13.6. The van der Waals surface area contributed by atoms with Crippen molar-refractivity contribution < 1.29 is 0 Å². The summed E-state index contributed by atoms with van der Waals surface area (Å²) in [6.45, 7) is 6.93. The summed E-state index contributed by atoms with van der Waals surface area (Å²) < 4.78 is 0. The summed E-state index contributed by atoms with van der Waals surface area (Å²) in [7, 11) is 0. The van der Waals surface area contributed by atoms with Crippen molar-refractivity contribution in [1.29, 1.82) is 0 Å². The largest absolute Gasteiger partial charge is 0.329 e. The molecule has 0 amide bonds. The van der Waals surface area contributed by atoms with E-state index in [-0.39, 0.29) is 0 Å². The molecule has 0 radical (unpaired) electrons. The maximum atomic E-state index is 5.77. The first-order chi connectivity index (χ1) is 12.8. The van der Waals surface area contributed by atoms with Crippen molar-refractivity contribution in [3.8, 4) is 0 Å². The van der Waals surface area contributed by atoms with Crippen molar-refractivity contribution in [1.82, 2.24) is 19.8 Å². The fraction of sp³-hybridized carbons (Fsp3) is 0.500. The number of aromatic nitrogens is 2. The normalized spacial score (nSPS) is 11.4. The summed E-state index contributed by atoms with van der Waals surface area (Å²) >= 11 is 0. The number of rotatable bonds is 13. The second-order valence-electron chi connectivity index (χ2n) is 6.48. The third-order valence-corrected chi connectivity index (χ3v) is 4.31. The molecule has 0 aliphatic carbocycles. The zero-order chi connectivity index (χ0) is 18.5. The topological polar surface area (TPSA) is 84.3 Å². The smallest absolute Gasteiger partial charge is 0.0543 e. The first-order valence-corrected chi connectivity index (χ1v) is 9.46. The molecule has 6 heteroatoms. The van der Waals surface area contributed by atoms with Gasteiger partial charge in [0.2, 0.25) is 0 Å². The first-order valence-electron chi connectivity index (χ1n) is 9.46. The molecule has 6 nitrogen and oxygen atoms in total. The van der Waals surface area contributed by atoms with Crippen LogP contribution < -0.4 is 11.5 Å². The number of nitrogens with zero attached hydrogens (tertiary/aromatic N) is 4. The van der Waals surface area contributed by atoms with Crippen LogP contribution in [-0.4, -0.2) is 59.0 Å². The van der Waals surface area contributed by atoms with E-state index in [9.17, 15) is 0 Å². The van der Waals surface area contributed by atoms with E-state index in [2.05, 4.69) is 31.9 Å². The highest BCUT2D eigenvalue weighted by Crippen LogP contribution is 2.06. The highest BCUT2D eigenvalue weighted by Gasteiger charge is 2.08. The number of hydrogen-bond donors (Lipinski definition) is 2. The highest BCUT2D eigenvalue weighted by atomic mass is 15.1. The van der Waals surface area contributed by atoms with Crippen LogP contribution in [0.1, 0.15) is 24.2 Å². The maximum Gasteiger partial charge on any atom is 0.0543 e. The standard InChI is InChI=1S/C20H32N6/c21-9-15-25(17-19-7-1-3-11-23-19)13-5-6-14-26(16-10-22)18-20-8-2-4-12-24-20/h1-4,7-8,11-12H,5-6,9-10,13-18,21-22H2. The molecule has 0 spiro atoms. The predicted octanol–water partition coefficient (Wildman–Crippen LogP) is 1.48. The fourth-order valence-corrected chi connectivity index (χ4v) is 3.02. The van der Waals surface area contributed by atoms with Crippen LogP contribution in [0.2, 0.25) is 0 Å². The van der Waals surface area contributed by atoms with E-state index in [0.29, 0.717) is 13.1 Å². The minimum absolute atomic E-state index is 0.672. The molecule has 0 aromatic carbocycles. The molecule has 0 aliphatic heterocycles. The van der Waals surface area contributed by atoms with Crippen LogP contribution in [0.5, 0.6) is 0 Å². The average Bonchev–Trinajstić information content (AvgIpc) is 2.67. The van der Waals surface area contributed by atoms with E-state index in [1.807, 2.05) is 36.7 Å².